The Morgan fingerprint density at radius 2 is 1.69 bits per heavy atom. The van der Waals surface area contributed by atoms with Crippen LogP contribution >= 0.6 is 15.9 Å². The maximum absolute atomic E-state index is 12.3. The molecule has 0 saturated heterocycles. The van der Waals surface area contributed by atoms with Crippen molar-refractivity contribution in [3.8, 4) is 11.5 Å². The summed E-state index contributed by atoms with van der Waals surface area (Å²) in [4.78, 5) is 24.4. The van der Waals surface area contributed by atoms with Crippen molar-refractivity contribution in [2.75, 3.05) is 7.11 Å². The van der Waals surface area contributed by atoms with Crippen molar-refractivity contribution in [3.63, 3.8) is 0 Å². The molecule has 0 aliphatic carbocycles. The van der Waals surface area contributed by atoms with E-state index in [0.717, 1.165) is 4.47 Å². The number of amides is 1. The largest absolute Gasteiger partial charge is 0.493 e. The second-order valence-corrected chi connectivity index (χ2v) is 6.79. The Morgan fingerprint density at radius 3 is 2.41 bits per heavy atom. The lowest BCUT2D eigenvalue weighted by Crippen LogP contribution is -2.17. The highest BCUT2D eigenvalue weighted by Crippen LogP contribution is 2.28. The molecule has 3 aromatic rings. The van der Waals surface area contributed by atoms with Gasteiger partial charge in [-0.25, -0.2) is 10.2 Å². The zero-order chi connectivity index (χ0) is 20.6. The molecule has 0 aromatic heterocycles. The van der Waals surface area contributed by atoms with Crippen molar-refractivity contribution in [2.45, 2.75) is 0 Å². The fourth-order valence-corrected chi connectivity index (χ4v) is 2.85. The predicted molar refractivity (Wildman–Crippen MR) is 114 cm³/mol. The van der Waals surface area contributed by atoms with Gasteiger partial charge in [0.15, 0.2) is 11.5 Å². The van der Waals surface area contributed by atoms with Crippen molar-refractivity contribution in [1.29, 1.82) is 0 Å². The number of carbonyl (C=O) groups is 2. The topological polar surface area (TPSA) is 77.0 Å². The number of nitrogens with one attached hydrogen (secondary N) is 1. The van der Waals surface area contributed by atoms with Crippen LogP contribution in [0.25, 0.3) is 0 Å². The zero-order valence-corrected chi connectivity index (χ0v) is 17.0. The number of benzene rings is 3. The minimum absolute atomic E-state index is 0.253. The lowest BCUT2D eigenvalue weighted by Gasteiger charge is -2.10. The summed E-state index contributed by atoms with van der Waals surface area (Å²) in [6, 6.07) is 20.6. The van der Waals surface area contributed by atoms with Crippen LogP contribution in [0.4, 0.5) is 0 Å². The Kier molecular flexibility index (Phi) is 6.76. The first-order chi connectivity index (χ1) is 14.1. The molecule has 0 saturated carbocycles. The van der Waals surface area contributed by atoms with Crippen molar-refractivity contribution in [3.05, 3.63) is 94.0 Å². The van der Waals surface area contributed by atoms with E-state index in [1.54, 1.807) is 60.7 Å². The monoisotopic (exact) mass is 452 g/mol. The average molecular weight is 453 g/mol. The Morgan fingerprint density at radius 1 is 0.931 bits per heavy atom. The number of hydrazone groups is 1. The van der Waals surface area contributed by atoms with Crippen LogP contribution in [0.2, 0.25) is 0 Å². The smallest absolute Gasteiger partial charge is 0.343 e. The van der Waals surface area contributed by atoms with Crippen LogP contribution in [0.1, 0.15) is 26.3 Å². The minimum Gasteiger partial charge on any atom is -0.493 e. The van der Waals surface area contributed by atoms with Gasteiger partial charge in [-0.05, 0) is 54.1 Å². The molecule has 0 aliphatic rings. The van der Waals surface area contributed by atoms with E-state index < -0.39 is 5.97 Å². The molecule has 0 unspecified atom stereocenters. The van der Waals surface area contributed by atoms with Gasteiger partial charge in [-0.3, -0.25) is 4.79 Å². The van der Waals surface area contributed by atoms with Crippen molar-refractivity contribution in [2.24, 2.45) is 5.10 Å². The standard InChI is InChI=1S/C22H17BrN2O4/c1-28-19-11-10-15(12-20(19)29-22(27)16-6-3-2-4-7-16)14-24-25-21(26)17-8-5-9-18(23)13-17/h2-14H,1H3,(H,25,26)/b24-14-. The second kappa shape index (κ2) is 9.66. The van der Waals surface area contributed by atoms with Crippen molar-refractivity contribution >= 4 is 34.0 Å². The van der Waals surface area contributed by atoms with Gasteiger partial charge in [0.05, 0.1) is 18.9 Å². The second-order valence-electron chi connectivity index (χ2n) is 5.88. The first kappa shape index (κ1) is 20.3. The normalized spacial score (nSPS) is 10.6. The van der Waals surface area contributed by atoms with Crippen molar-refractivity contribution in [1.82, 2.24) is 5.43 Å². The fourth-order valence-electron chi connectivity index (χ4n) is 2.45. The molecule has 146 valence electrons. The van der Waals surface area contributed by atoms with E-state index in [-0.39, 0.29) is 11.7 Å². The molecule has 0 aliphatic heterocycles. The first-order valence-corrected chi connectivity index (χ1v) is 9.40. The van der Waals surface area contributed by atoms with Gasteiger partial charge >= 0.3 is 5.97 Å². The molecule has 7 heteroatoms. The number of ether oxygens (including phenoxy) is 2. The van der Waals surface area contributed by atoms with Crippen LogP contribution in [0.3, 0.4) is 0 Å². The van der Waals surface area contributed by atoms with E-state index in [2.05, 4.69) is 26.5 Å². The summed E-state index contributed by atoms with van der Waals surface area (Å²) in [6.07, 6.45) is 1.45. The quantitative estimate of drug-likeness (QED) is 0.259. The third kappa shape index (κ3) is 5.52. The Hall–Kier alpha value is -3.45. The van der Waals surface area contributed by atoms with Crippen LogP contribution in [0, 0.1) is 0 Å². The number of rotatable bonds is 6. The molecular weight excluding hydrogens is 436 g/mol. The summed E-state index contributed by atoms with van der Waals surface area (Å²) < 4.78 is 11.5. The van der Waals surface area contributed by atoms with Gasteiger partial charge in [-0.1, -0.05) is 40.2 Å². The third-order valence-corrected chi connectivity index (χ3v) is 4.36. The molecule has 6 nitrogen and oxygen atoms in total. The van der Waals surface area contributed by atoms with E-state index in [4.69, 9.17) is 9.47 Å². The summed E-state index contributed by atoms with van der Waals surface area (Å²) in [5, 5.41) is 3.96. The lowest BCUT2D eigenvalue weighted by atomic mass is 10.2. The maximum atomic E-state index is 12.3. The van der Waals surface area contributed by atoms with Crippen LogP contribution in [-0.4, -0.2) is 25.2 Å². The number of esters is 1. The minimum atomic E-state index is -0.499. The van der Waals surface area contributed by atoms with Crippen LogP contribution in [0.15, 0.2) is 82.4 Å². The molecule has 0 fully saturated rings. The molecule has 0 heterocycles. The fraction of sp³-hybridized carbons (Fsp3) is 0.0455. The molecule has 0 spiro atoms. The van der Waals surface area contributed by atoms with Gasteiger partial charge < -0.3 is 9.47 Å². The molecular formula is C22H17BrN2O4. The van der Waals surface area contributed by atoms with E-state index in [1.165, 1.54) is 13.3 Å². The first-order valence-electron chi connectivity index (χ1n) is 8.61. The van der Waals surface area contributed by atoms with Gasteiger partial charge in [0, 0.05) is 10.0 Å². The van der Waals surface area contributed by atoms with Crippen LogP contribution < -0.4 is 14.9 Å². The number of carbonyl (C=O) groups excluding carboxylic acids is 2. The average Bonchev–Trinajstić information content (AvgIpc) is 2.74. The van der Waals surface area contributed by atoms with Gasteiger partial charge in [-0.2, -0.15) is 5.10 Å². The summed E-state index contributed by atoms with van der Waals surface area (Å²) >= 11 is 3.32. The highest BCUT2D eigenvalue weighted by atomic mass is 79.9. The van der Waals surface area contributed by atoms with Gasteiger partial charge in [0.1, 0.15) is 0 Å². The Balaban J connectivity index is 1.71. The lowest BCUT2D eigenvalue weighted by molar-refractivity contribution is 0.0729. The zero-order valence-electron chi connectivity index (χ0n) is 15.5. The molecule has 0 atom stereocenters. The third-order valence-electron chi connectivity index (χ3n) is 3.87. The summed E-state index contributed by atoms with van der Waals surface area (Å²) in [6.45, 7) is 0. The number of hydrogen-bond acceptors (Lipinski definition) is 5. The summed E-state index contributed by atoms with van der Waals surface area (Å²) in [7, 11) is 1.49. The number of hydrogen-bond donors (Lipinski definition) is 1. The maximum Gasteiger partial charge on any atom is 0.343 e. The molecule has 3 rings (SSSR count). The molecule has 1 N–H and O–H groups in total. The summed E-state index contributed by atoms with van der Waals surface area (Å²) in [5.74, 6) is -0.180. The molecule has 1 amide bonds. The Labute approximate surface area is 176 Å². The van der Waals surface area contributed by atoms with E-state index >= 15 is 0 Å². The number of methoxy groups -OCH3 is 1. The predicted octanol–water partition coefficient (Wildman–Crippen LogP) is 4.44. The van der Waals surface area contributed by atoms with Crippen LogP contribution in [0.5, 0.6) is 11.5 Å². The van der Waals surface area contributed by atoms with Crippen LogP contribution in [-0.2, 0) is 0 Å². The molecule has 0 radical (unpaired) electrons. The van der Waals surface area contributed by atoms with Gasteiger partial charge in [0.25, 0.3) is 5.91 Å². The Bertz CT molecular complexity index is 1050. The van der Waals surface area contributed by atoms with Gasteiger partial charge in [-0.15, -0.1) is 0 Å². The van der Waals surface area contributed by atoms with Gasteiger partial charge in [0.2, 0.25) is 0 Å². The highest BCUT2D eigenvalue weighted by molar-refractivity contribution is 9.10. The number of nitrogens with zero attached hydrogens (tertiary/aromatic N) is 1. The SMILES string of the molecule is COc1ccc(/C=N\NC(=O)c2cccc(Br)c2)cc1OC(=O)c1ccccc1. The van der Waals surface area contributed by atoms with Crippen molar-refractivity contribution < 1.29 is 19.1 Å². The highest BCUT2D eigenvalue weighted by Gasteiger charge is 2.12. The number of halogens is 1. The molecule has 3 aromatic carbocycles. The van der Waals surface area contributed by atoms with E-state index in [1.807, 2.05) is 12.1 Å². The molecule has 0 bridgehead atoms. The van der Waals surface area contributed by atoms with E-state index in [0.29, 0.717) is 22.4 Å². The molecule has 29 heavy (non-hydrogen) atoms. The summed E-state index contributed by atoms with van der Waals surface area (Å²) in [5.41, 5.74) is 3.98. The van der Waals surface area contributed by atoms with E-state index in [9.17, 15) is 9.59 Å².